The van der Waals surface area contributed by atoms with Gasteiger partial charge in [0.2, 0.25) is 5.91 Å². The number of hydrogen-bond acceptors (Lipinski definition) is 4. The molecule has 1 aliphatic rings. The Kier molecular flexibility index (Phi) is 6.06. The summed E-state index contributed by atoms with van der Waals surface area (Å²) in [6.07, 6.45) is 3.53. The molecule has 0 saturated carbocycles. The number of nitrogens with zero attached hydrogens (tertiary/aromatic N) is 2. The van der Waals surface area contributed by atoms with Crippen LogP contribution in [0.5, 0.6) is 5.75 Å². The van der Waals surface area contributed by atoms with Gasteiger partial charge in [-0.2, -0.15) is 0 Å². The largest absolute Gasteiger partial charge is 0.496 e. The van der Waals surface area contributed by atoms with Gasteiger partial charge in [0.25, 0.3) is 0 Å². The summed E-state index contributed by atoms with van der Waals surface area (Å²) >= 11 is 1.67. The van der Waals surface area contributed by atoms with E-state index in [9.17, 15) is 9.18 Å². The molecule has 1 aromatic heterocycles. The lowest BCUT2D eigenvalue weighted by molar-refractivity contribution is -0.127. The number of methoxy groups -OCH3 is 1. The molecule has 0 spiro atoms. The summed E-state index contributed by atoms with van der Waals surface area (Å²) < 4.78 is 18.8. The Bertz CT molecular complexity index is 795. The van der Waals surface area contributed by atoms with Crippen molar-refractivity contribution in [1.82, 2.24) is 9.80 Å². The summed E-state index contributed by atoms with van der Waals surface area (Å²) in [7, 11) is 1.59. The zero-order valence-corrected chi connectivity index (χ0v) is 15.9. The second kappa shape index (κ2) is 8.47. The molecule has 1 amide bonds. The van der Waals surface area contributed by atoms with Gasteiger partial charge in [-0.15, -0.1) is 11.3 Å². The maximum Gasteiger partial charge on any atom is 0.246 e. The standard InChI is InChI=1S/C20H23FN2O2S/c1-15-3-5-18(26-15)6-8-20(24)23-11-9-22(10-12-23)14-16-13-17(21)4-7-19(16)25-2/h3-8,13H,9-12,14H2,1-2H3/b8-6+. The van der Waals surface area contributed by atoms with E-state index in [0.717, 1.165) is 23.5 Å². The number of thiophene rings is 1. The first-order chi connectivity index (χ1) is 12.5. The minimum Gasteiger partial charge on any atom is -0.496 e. The normalized spacial score (nSPS) is 15.6. The quantitative estimate of drug-likeness (QED) is 0.750. The van der Waals surface area contributed by atoms with Crippen LogP contribution in [0.3, 0.4) is 0 Å². The molecule has 26 heavy (non-hydrogen) atoms. The Balaban J connectivity index is 1.53. The van der Waals surface area contributed by atoms with E-state index in [1.54, 1.807) is 30.6 Å². The maximum absolute atomic E-state index is 13.5. The zero-order valence-electron chi connectivity index (χ0n) is 15.1. The van der Waals surface area contributed by atoms with Gasteiger partial charge in [0.1, 0.15) is 11.6 Å². The number of aryl methyl sites for hydroxylation is 1. The Labute approximate surface area is 157 Å². The van der Waals surface area contributed by atoms with Gasteiger partial charge in [0, 0.05) is 54.1 Å². The Morgan fingerprint density at radius 2 is 2.00 bits per heavy atom. The third kappa shape index (κ3) is 4.71. The molecule has 138 valence electrons. The topological polar surface area (TPSA) is 32.8 Å². The van der Waals surface area contributed by atoms with Crippen LogP contribution >= 0.6 is 11.3 Å². The number of amides is 1. The van der Waals surface area contributed by atoms with E-state index in [1.807, 2.05) is 23.1 Å². The molecule has 1 saturated heterocycles. The number of benzene rings is 1. The van der Waals surface area contributed by atoms with Crippen molar-refractivity contribution >= 4 is 23.3 Å². The molecule has 0 atom stereocenters. The highest BCUT2D eigenvalue weighted by Gasteiger charge is 2.20. The molecule has 1 fully saturated rings. The molecule has 1 aromatic carbocycles. The maximum atomic E-state index is 13.5. The van der Waals surface area contributed by atoms with Gasteiger partial charge in [0.15, 0.2) is 0 Å². The highest BCUT2D eigenvalue weighted by Crippen LogP contribution is 2.22. The van der Waals surface area contributed by atoms with Crippen LogP contribution in [-0.4, -0.2) is 49.0 Å². The van der Waals surface area contributed by atoms with Crippen molar-refractivity contribution in [3.63, 3.8) is 0 Å². The number of hydrogen-bond donors (Lipinski definition) is 0. The second-order valence-corrected chi connectivity index (χ2v) is 7.66. The molecular weight excluding hydrogens is 351 g/mol. The fourth-order valence-corrected chi connectivity index (χ4v) is 3.82. The van der Waals surface area contributed by atoms with Crippen molar-refractivity contribution in [3.8, 4) is 5.75 Å². The van der Waals surface area contributed by atoms with Crippen molar-refractivity contribution in [3.05, 3.63) is 57.5 Å². The molecule has 1 aliphatic heterocycles. The average molecular weight is 374 g/mol. The van der Waals surface area contributed by atoms with Crippen molar-refractivity contribution < 1.29 is 13.9 Å². The molecule has 4 nitrogen and oxygen atoms in total. The van der Waals surface area contributed by atoms with Gasteiger partial charge in [-0.25, -0.2) is 4.39 Å². The Morgan fingerprint density at radius 3 is 2.65 bits per heavy atom. The van der Waals surface area contributed by atoms with Gasteiger partial charge < -0.3 is 9.64 Å². The highest BCUT2D eigenvalue weighted by molar-refractivity contribution is 7.12. The second-order valence-electron chi connectivity index (χ2n) is 6.34. The van der Waals surface area contributed by atoms with E-state index < -0.39 is 0 Å². The number of rotatable bonds is 5. The number of piperazine rings is 1. The van der Waals surface area contributed by atoms with Crippen molar-refractivity contribution in [2.75, 3.05) is 33.3 Å². The summed E-state index contributed by atoms with van der Waals surface area (Å²) in [5, 5.41) is 0. The SMILES string of the molecule is COc1ccc(F)cc1CN1CCN(C(=O)/C=C/c2ccc(C)s2)CC1. The molecule has 0 bridgehead atoms. The van der Waals surface area contributed by atoms with Crippen LogP contribution in [0, 0.1) is 12.7 Å². The minimum atomic E-state index is -0.261. The third-order valence-corrected chi connectivity index (χ3v) is 5.44. The number of ether oxygens (including phenoxy) is 1. The first kappa shape index (κ1) is 18.6. The molecule has 2 aromatic rings. The molecule has 0 unspecified atom stereocenters. The lowest BCUT2D eigenvalue weighted by atomic mass is 10.1. The fourth-order valence-electron chi connectivity index (χ4n) is 3.04. The van der Waals surface area contributed by atoms with Crippen molar-refractivity contribution in [1.29, 1.82) is 0 Å². The van der Waals surface area contributed by atoms with Crippen LogP contribution in [0.25, 0.3) is 6.08 Å². The summed E-state index contributed by atoms with van der Waals surface area (Å²) in [6, 6.07) is 8.65. The number of carbonyl (C=O) groups excluding carboxylic acids is 1. The predicted molar refractivity (Wildman–Crippen MR) is 103 cm³/mol. The van der Waals surface area contributed by atoms with Crippen LogP contribution < -0.4 is 4.74 Å². The lowest BCUT2D eigenvalue weighted by Crippen LogP contribution is -2.47. The van der Waals surface area contributed by atoms with Gasteiger partial charge in [0.05, 0.1) is 7.11 Å². The summed E-state index contributed by atoms with van der Waals surface area (Å²) in [5.41, 5.74) is 0.834. The molecule has 2 heterocycles. The van der Waals surface area contributed by atoms with Crippen LogP contribution in [0.15, 0.2) is 36.4 Å². The van der Waals surface area contributed by atoms with Crippen molar-refractivity contribution in [2.45, 2.75) is 13.5 Å². The first-order valence-electron chi connectivity index (χ1n) is 8.63. The summed E-state index contributed by atoms with van der Waals surface area (Å²) in [4.78, 5) is 18.7. The highest BCUT2D eigenvalue weighted by atomic mass is 32.1. The van der Waals surface area contributed by atoms with E-state index in [-0.39, 0.29) is 11.7 Å². The van der Waals surface area contributed by atoms with Crippen LogP contribution in [0.1, 0.15) is 15.3 Å². The van der Waals surface area contributed by atoms with E-state index in [2.05, 4.69) is 11.8 Å². The van der Waals surface area contributed by atoms with E-state index in [4.69, 9.17) is 4.74 Å². The monoisotopic (exact) mass is 374 g/mol. The smallest absolute Gasteiger partial charge is 0.246 e. The molecule has 0 N–H and O–H groups in total. The minimum absolute atomic E-state index is 0.0408. The lowest BCUT2D eigenvalue weighted by Gasteiger charge is -2.34. The summed E-state index contributed by atoms with van der Waals surface area (Å²) in [6.45, 7) is 5.53. The van der Waals surface area contributed by atoms with Gasteiger partial charge in [-0.05, 0) is 43.3 Å². The predicted octanol–water partition coefficient (Wildman–Crippen LogP) is 3.56. The first-order valence-corrected chi connectivity index (χ1v) is 9.45. The van der Waals surface area contributed by atoms with Gasteiger partial charge >= 0.3 is 0 Å². The molecule has 0 aliphatic carbocycles. The number of carbonyl (C=O) groups is 1. The zero-order chi connectivity index (χ0) is 18.5. The molecule has 3 rings (SSSR count). The van der Waals surface area contributed by atoms with E-state index >= 15 is 0 Å². The van der Waals surface area contributed by atoms with Gasteiger partial charge in [-0.1, -0.05) is 0 Å². The van der Waals surface area contributed by atoms with E-state index in [1.165, 1.54) is 17.0 Å². The summed E-state index contributed by atoms with van der Waals surface area (Å²) in [5.74, 6) is 0.474. The van der Waals surface area contributed by atoms with Crippen LogP contribution in [0.4, 0.5) is 4.39 Å². The Morgan fingerprint density at radius 1 is 1.23 bits per heavy atom. The Hall–Kier alpha value is -2.18. The van der Waals surface area contributed by atoms with Crippen LogP contribution in [-0.2, 0) is 11.3 Å². The molecular formula is C20H23FN2O2S. The fraction of sp³-hybridized carbons (Fsp3) is 0.350. The third-order valence-electron chi connectivity index (χ3n) is 4.47. The average Bonchev–Trinajstić information content (AvgIpc) is 3.06. The molecule has 6 heteroatoms. The van der Waals surface area contributed by atoms with Crippen LogP contribution in [0.2, 0.25) is 0 Å². The molecule has 0 radical (unpaired) electrons. The van der Waals surface area contributed by atoms with Gasteiger partial charge in [-0.3, -0.25) is 9.69 Å². The van der Waals surface area contributed by atoms with E-state index in [0.29, 0.717) is 25.4 Å². The number of halogens is 1. The van der Waals surface area contributed by atoms with Crippen molar-refractivity contribution in [2.24, 2.45) is 0 Å².